The highest BCUT2D eigenvalue weighted by atomic mass is 32.1. The largest absolute Gasteiger partial charge is 0.333 e. The van der Waals surface area contributed by atoms with Crippen molar-refractivity contribution in [1.29, 1.82) is 0 Å². The number of anilines is 2. The fourth-order valence-corrected chi connectivity index (χ4v) is 10.9. The van der Waals surface area contributed by atoms with Gasteiger partial charge in [0, 0.05) is 49.1 Å². The average molecular weight is 687 g/mol. The molecule has 1 unspecified atom stereocenters. The molecule has 4 aromatic carbocycles. The predicted octanol–water partition coefficient (Wildman–Crippen LogP) is 10.6. The Morgan fingerprint density at radius 2 is 1.52 bits per heavy atom. The monoisotopic (exact) mass is 686 g/mol. The van der Waals surface area contributed by atoms with Crippen molar-refractivity contribution in [1.82, 2.24) is 14.0 Å². The molecule has 4 nitrogen and oxygen atoms in total. The maximum atomic E-state index is 4.96. The summed E-state index contributed by atoms with van der Waals surface area (Å²) in [5.74, 6) is 0.315. The van der Waals surface area contributed by atoms with Gasteiger partial charge in [0.15, 0.2) is 0 Å². The summed E-state index contributed by atoms with van der Waals surface area (Å²) in [7, 11) is 0. The van der Waals surface area contributed by atoms with E-state index in [4.69, 9.17) is 4.98 Å². The van der Waals surface area contributed by atoms with Crippen molar-refractivity contribution < 1.29 is 0 Å². The molecule has 0 saturated heterocycles. The van der Waals surface area contributed by atoms with Gasteiger partial charge in [-0.15, -0.1) is 11.3 Å². The molecule has 0 saturated carbocycles. The minimum atomic E-state index is 0.248. The predicted molar refractivity (Wildman–Crippen MR) is 220 cm³/mol. The zero-order chi connectivity index (χ0) is 33.9. The molecule has 12 rings (SSSR count). The minimum absolute atomic E-state index is 0.248. The SMILES string of the molecule is C1=CC2c3ccc4c(c3N(c3ccccc3)[C@H]2C=C1)c1c2ccccc2sc1n4C1=CC=C(c2c3ccccc3n3c4c(ncc23)=CCCC=4)CC1. The van der Waals surface area contributed by atoms with Crippen LogP contribution in [0.15, 0.2) is 134 Å². The van der Waals surface area contributed by atoms with Crippen LogP contribution in [0.2, 0.25) is 0 Å². The lowest BCUT2D eigenvalue weighted by Gasteiger charge is -2.29. The second-order valence-electron chi connectivity index (χ2n) is 14.5. The van der Waals surface area contributed by atoms with Crippen molar-refractivity contribution in [3.63, 3.8) is 0 Å². The molecule has 5 heterocycles. The van der Waals surface area contributed by atoms with Crippen LogP contribution in [0.3, 0.4) is 0 Å². The summed E-state index contributed by atoms with van der Waals surface area (Å²) >= 11 is 1.93. The van der Waals surface area contributed by atoms with Gasteiger partial charge in [0.1, 0.15) is 4.83 Å². The molecule has 0 N–H and O–H groups in total. The van der Waals surface area contributed by atoms with Crippen LogP contribution < -0.4 is 15.6 Å². The average Bonchev–Trinajstić information content (AvgIpc) is 3.94. The van der Waals surface area contributed by atoms with Crippen molar-refractivity contribution in [2.75, 3.05) is 4.90 Å². The maximum Gasteiger partial charge on any atom is 0.109 e. The third kappa shape index (κ3) is 3.84. The Morgan fingerprint density at radius 3 is 2.42 bits per heavy atom. The Hall–Kier alpha value is -5.91. The molecule has 4 aromatic heterocycles. The lowest BCUT2D eigenvalue weighted by molar-refractivity contribution is 0.745. The fraction of sp³-hybridized carbons (Fsp3) is 0.128. The number of benzene rings is 4. The van der Waals surface area contributed by atoms with E-state index in [2.05, 4.69) is 160 Å². The van der Waals surface area contributed by atoms with E-state index in [9.17, 15) is 0 Å². The highest BCUT2D eigenvalue weighted by Crippen LogP contribution is 2.55. The Morgan fingerprint density at radius 1 is 0.692 bits per heavy atom. The van der Waals surface area contributed by atoms with Crippen LogP contribution in [0.4, 0.5) is 11.4 Å². The van der Waals surface area contributed by atoms with Gasteiger partial charge in [0.05, 0.1) is 45.2 Å². The van der Waals surface area contributed by atoms with Crippen molar-refractivity contribution in [2.45, 2.75) is 37.6 Å². The molecular formula is C47H34N4S. The topological polar surface area (TPSA) is 25.5 Å². The highest BCUT2D eigenvalue weighted by Gasteiger charge is 2.40. The summed E-state index contributed by atoms with van der Waals surface area (Å²) in [5.41, 5.74) is 11.8. The number of fused-ring (bicyclic) bond motifs is 14. The first kappa shape index (κ1) is 28.8. The number of para-hydroxylation sites is 2. The van der Waals surface area contributed by atoms with Crippen LogP contribution in [-0.4, -0.2) is 20.0 Å². The Labute approximate surface area is 304 Å². The zero-order valence-corrected chi connectivity index (χ0v) is 29.4. The van der Waals surface area contributed by atoms with Gasteiger partial charge in [-0.05, 0) is 73.2 Å². The lowest BCUT2D eigenvalue weighted by Crippen LogP contribution is -2.35. The molecule has 5 heteroatoms. The van der Waals surface area contributed by atoms with E-state index in [0.717, 1.165) is 31.0 Å². The van der Waals surface area contributed by atoms with Crippen molar-refractivity contribution >= 4 is 93.8 Å². The Kier molecular flexibility index (Phi) is 5.97. The summed E-state index contributed by atoms with van der Waals surface area (Å²) in [6.45, 7) is 0. The van der Waals surface area contributed by atoms with Crippen LogP contribution in [0.5, 0.6) is 0 Å². The Bertz CT molecular complexity index is 3090. The molecule has 8 aromatic rings. The molecule has 52 heavy (non-hydrogen) atoms. The second kappa shape index (κ2) is 10.8. The van der Waals surface area contributed by atoms with Crippen molar-refractivity contribution in [3.05, 3.63) is 155 Å². The van der Waals surface area contributed by atoms with Crippen LogP contribution >= 0.6 is 11.3 Å². The molecule has 3 aliphatic carbocycles. The first-order valence-electron chi connectivity index (χ1n) is 18.5. The standard InChI is InChI=1S/C47H34N4S/c1-2-12-30(13-3-1)49-37-18-8-4-14-32(37)33-26-27-40-45(46(33)49)44-35-16-6-11-21-42(35)52-47(44)50(40)31-24-22-29(23-25-31)43-34-15-5-9-19-38(34)51-39-20-10-7-17-36(39)48-28-41(43)51/h1-6,8-9,11-22,24,26-28,32,37H,7,10,23,25H2/t32?,37-/m0/s1. The molecule has 4 aliphatic rings. The van der Waals surface area contributed by atoms with E-state index < -0.39 is 0 Å². The highest BCUT2D eigenvalue weighted by molar-refractivity contribution is 7.25. The van der Waals surface area contributed by atoms with Gasteiger partial charge < -0.3 is 13.9 Å². The number of allylic oxidation sites excluding steroid dienone is 6. The number of thiophene rings is 1. The van der Waals surface area contributed by atoms with E-state index >= 15 is 0 Å². The zero-order valence-electron chi connectivity index (χ0n) is 28.5. The number of nitrogens with zero attached hydrogens (tertiary/aromatic N) is 4. The van der Waals surface area contributed by atoms with E-state index in [0.29, 0.717) is 5.92 Å². The summed E-state index contributed by atoms with van der Waals surface area (Å²) in [6, 6.07) is 33.9. The third-order valence-corrected chi connectivity index (χ3v) is 13.0. The van der Waals surface area contributed by atoms with Gasteiger partial charge in [-0.25, -0.2) is 0 Å². The molecule has 1 aliphatic heterocycles. The van der Waals surface area contributed by atoms with E-state index in [1.54, 1.807) is 0 Å². The van der Waals surface area contributed by atoms with Gasteiger partial charge in [-0.3, -0.25) is 4.98 Å². The summed E-state index contributed by atoms with van der Waals surface area (Å²) in [5, 5.41) is 7.73. The van der Waals surface area contributed by atoms with Gasteiger partial charge in [0.25, 0.3) is 0 Å². The van der Waals surface area contributed by atoms with Crippen LogP contribution in [0, 0.1) is 0 Å². The number of aromatic nitrogens is 3. The normalized spacial score (nSPS) is 19.2. The summed E-state index contributed by atoms with van der Waals surface area (Å²) < 4.78 is 6.38. The summed E-state index contributed by atoms with van der Waals surface area (Å²) in [6.07, 6.45) is 24.8. The second-order valence-corrected chi connectivity index (χ2v) is 15.5. The molecule has 248 valence electrons. The Balaban J connectivity index is 1.11. The molecule has 0 radical (unpaired) electrons. The molecule has 0 bridgehead atoms. The third-order valence-electron chi connectivity index (χ3n) is 11.8. The van der Waals surface area contributed by atoms with Gasteiger partial charge in [-0.2, -0.15) is 0 Å². The number of hydrogen-bond donors (Lipinski definition) is 0. The van der Waals surface area contributed by atoms with Crippen molar-refractivity contribution in [2.24, 2.45) is 0 Å². The van der Waals surface area contributed by atoms with Gasteiger partial charge in [0.2, 0.25) is 0 Å². The van der Waals surface area contributed by atoms with E-state index in [1.165, 1.54) is 86.7 Å². The van der Waals surface area contributed by atoms with Crippen LogP contribution in [0.25, 0.3) is 71.0 Å². The van der Waals surface area contributed by atoms with Gasteiger partial charge >= 0.3 is 0 Å². The molecule has 0 spiro atoms. The lowest BCUT2D eigenvalue weighted by atomic mass is 9.91. The molecular weight excluding hydrogens is 653 g/mol. The number of hydrogen-bond acceptors (Lipinski definition) is 3. The van der Waals surface area contributed by atoms with Crippen molar-refractivity contribution in [3.8, 4) is 0 Å². The summed E-state index contributed by atoms with van der Waals surface area (Å²) in [4.78, 5) is 8.91. The quantitative estimate of drug-likeness (QED) is 0.185. The fourth-order valence-electron chi connectivity index (χ4n) is 9.66. The minimum Gasteiger partial charge on any atom is -0.333 e. The van der Waals surface area contributed by atoms with Crippen LogP contribution in [0.1, 0.15) is 42.7 Å². The van der Waals surface area contributed by atoms with Gasteiger partial charge in [-0.1, -0.05) is 103 Å². The smallest absolute Gasteiger partial charge is 0.109 e. The first-order chi connectivity index (χ1) is 25.8. The van der Waals surface area contributed by atoms with E-state index in [-0.39, 0.29) is 6.04 Å². The number of rotatable bonds is 3. The maximum absolute atomic E-state index is 4.96. The molecule has 0 amide bonds. The van der Waals surface area contributed by atoms with E-state index in [1.807, 2.05) is 11.3 Å². The van der Waals surface area contributed by atoms with Crippen LogP contribution in [-0.2, 0) is 0 Å². The first-order valence-corrected chi connectivity index (χ1v) is 19.3. The molecule has 0 fully saturated rings. The molecule has 2 atom stereocenters.